The minimum Gasteiger partial charge on any atom is -0.336 e. The molecule has 2 aromatic carbocycles. The Hall–Kier alpha value is -1.84. The lowest BCUT2D eigenvalue weighted by molar-refractivity contribution is 0.534. The van der Waals surface area contributed by atoms with Gasteiger partial charge in [0.1, 0.15) is 0 Å². The number of hydrogen-bond acceptors (Lipinski definition) is 3. The average Bonchev–Trinajstić information content (AvgIpc) is 2.58. The van der Waals surface area contributed by atoms with Gasteiger partial charge < -0.3 is 15.5 Å². The lowest BCUT2D eigenvalue weighted by atomic mass is 10.0. The third-order valence-electron chi connectivity index (χ3n) is 3.66. The molecule has 1 fully saturated rings. The molecule has 1 aliphatic rings. The monoisotopic (exact) mass is 311 g/mol. The van der Waals surface area contributed by atoms with Gasteiger partial charge in [-0.15, -0.1) is 0 Å². The van der Waals surface area contributed by atoms with Gasteiger partial charge in [0.15, 0.2) is 0 Å². The van der Waals surface area contributed by atoms with E-state index >= 15 is 0 Å². The second kappa shape index (κ2) is 8.70. The topological polar surface area (TPSA) is 27.3 Å². The predicted molar refractivity (Wildman–Crippen MR) is 101 cm³/mol. The highest BCUT2D eigenvalue weighted by Crippen LogP contribution is 2.32. The van der Waals surface area contributed by atoms with Crippen molar-refractivity contribution in [1.82, 2.24) is 10.6 Å². The van der Waals surface area contributed by atoms with E-state index in [9.17, 15) is 0 Å². The molecule has 1 aliphatic heterocycles. The van der Waals surface area contributed by atoms with E-state index in [1.807, 2.05) is 0 Å². The molecule has 0 aromatic heterocycles. The van der Waals surface area contributed by atoms with Crippen LogP contribution in [0.2, 0.25) is 0 Å². The summed E-state index contributed by atoms with van der Waals surface area (Å²) < 4.78 is 0. The van der Waals surface area contributed by atoms with Gasteiger partial charge in [-0.25, -0.2) is 0 Å². The number of rotatable bonds is 2. The maximum Gasteiger partial charge on any atom is 0.0415 e. The third kappa shape index (κ3) is 5.70. The van der Waals surface area contributed by atoms with Crippen LogP contribution in [-0.2, 0) is 0 Å². The largest absolute Gasteiger partial charge is 0.336 e. The molecule has 0 aliphatic carbocycles. The summed E-state index contributed by atoms with van der Waals surface area (Å²) in [6.07, 6.45) is 0. The number of nitrogens with zero attached hydrogens (tertiary/aromatic N) is 1. The van der Waals surface area contributed by atoms with E-state index in [2.05, 4.69) is 97.0 Å². The van der Waals surface area contributed by atoms with Crippen LogP contribution in [0.4, 0.5) is 11.4 Å². The molecule has 3 heteroatoms. The van der Waals surface area contributed by atoms with Crippen molar-refractivity contribution >= 4 is 11.4 Å². The van der Waals surface area contributed by atoms with Gasteiger partial charge in [0.05, 0.1) is 0 Å². The Morgan fingerprint density at radius 1 is 0.652 bits per heavy atom. The number of anilines is 2. The fraction of sp³-hybridized carbons (Fsp3) is 0.400. The maximum atomic E-state index is 3.22. The Morgan fingerprint density at radius 2 is 1.00 bits per heavy atom. The summed E-state index contributed by atoms with van der Waals surface area (Å²) in [6, 6.07) is 21.0. The van der Waals surface area contributed by atoms with Gasteiger partial charge >= 0.3 is 0 Å². The lowest BCUT2D eigenvalue weighted by Gasteiger charge is -2.37. The van der Waals surface area contributed by atoms with Crippen LogP contribution in [0.25, 0.3) is 0 Å². The van der Waals surface area contributed by atoms with Gasteiger partial charge in [0.25, 0.3) is 0 Å². The molecule has 2 aromatic rings. The summed E-state index contributed by atoms with van der Waals surface area (Å²) in [5.74, 6) is 0. The van der Waals surface area contributed by atoms with Gasteiger partial charge in [-0.05, 0) is 45.0 Å². The summed E-state index contributed by atoms with van der Waals surface area (Å²) in [5, 5.41) is 6.44. The highest BCUT2D eigenvalue weighted by Gasteiger charge is 2.22. The number of para-hydroxylation sites is 2. The van der Waals surface area contributed by atoms with Gasteiger partial charge in [-0.1, -0.05) is 36.4 Å². The average molecular weight is 311 g/mol. The van der Waals surface area contributed by atoms with Crippen molar-refractivity contribution in [2.45, 2.75) is 26.3 Å². The van der Waals surface area contributed by atoms with E-state index in [-0.39, 0.29) is 5.54 Å². The second-order valence-electron chi connectivity index (χ2n) is 6.68. The molecule has 0 saturated carbocycles. The molecular weight excluding hydrogens is 282 g/mol. The molecule has 23 heavy (non-hydrogen) atoms. The maximum absolute atomic E-state index is 3.22. The summed E-state index contributed by atoms with van der Waals surface area (Å²) >= 11 is 0. The highest BCUT2D eigenvalue weighted by atomic mass is 15.2. The fourth-order valence-electron chi connectivity index (χ4n) is 2.68. The first-order chi connectivity index (χ1) is 11.1. The first kappa shape index (κ1) is 17.5. The first-order valence-electron chi connectivity index (χ1n) is 8.41. The summed E-state index contributed by atoms with van der Waals surface area (Å²) in [5.41, 5.74) is 2.51. The molecule has 3 rings (SSSR count). The lowest BCUT2D eigenvalue weighted by Crippen LogP contribution is -2.39. The van der Waals surface area contributed by atoms with Gasteiger partial charge in [-0.2, -0.15) is 0 Å². The van der Waals surface area contributed by atoms with Crippen LogP contribution in [0.15, 0.2) is 60.7 Å². The quantitative estimate of drug-likeness (QED) is 0.883. The molecule has 2 N–H and O–H groups in total. The van der Waals surface area contributed by atoms with Crippen molar-refractivity contribution in [3.05, 3.63) is 60.7 Å². The Bertz CT molecular complexity index is 491. The Morgan fingerprint density at radius 3 is 1.26 bits per heavy atom. The Balaban J connectivity index is 0.000000268. The number of nitrogens with one attached hydrogen (secondary N) is 2. The SMILES string of the molecule is C1CNCCN1.CC(C)(C)N(c1ccccc1)c1ccccc1. The zero-order valence-electron chi connectivity index (χ0n) is 14.5. The molecule has 0 atom stereocenters. The minimum atomic E-state index is 0.0582. The van der Waals surface area contributed by atoms with E-state index in [1.54, 1.807) is 0 Å². The van der Waals surface area contributed by atoms with Crippen LogP contribution in [0.1, 0.15) is 20.8 Å². The van der Waals surface area contributed by atoms with Crippen LogP contribution < -0.4 is 15.5 Å². The molecule has 0 amide bonds. The van der Waals surface area contributed by atoms with Gasteiger partial charge in [-0.3, -0.25) is 0 Å². The molecule has 124 valence electrons. The van der Waals surface area contributed by atoms with Crippen LogP contribution in [0.5, 0.6) is 0 Å². The molecular formula is C20H29N3. The van der Waals surface area contributed by atoms with E-state index in [1.165, 1.54) is 11.4 Å². The van der Waals surface area contributed by atoms with Crippen molar-refractivity contribution in [2.75, 3.05) is 31.1 Å². The predicted octanol–water partition coefficient (Wildman–Crippen LogP) is 3.80. The van der Waals surface area contributed by atoms with Gasteiger partial charge in [0, 0.05) is 43.1 Å². The number of benzene rings is 2. The van der Waals surface area contributed by atoms with E-state index < -0.39 is 0 Å². The van der Waals surface area contributed by atoms with Crippen LogP contribution in [-0.4, -0.2) is 31.7 Å². The smallest absolute Gasteiger partial charge is 0.0415 e. The molecule has 3 nitrogen and oxygen atoms in total. The molecule has 0 spiro atoms. The Kier molecular flexibility index (Phi) is 6.63. The summed E-state index contributed by atoms with van der Waals surface area (Å²) in [7, 11) is 0. The van der Waals surface area contributed by atoms with E-state index in [4.69, 9.17) is 0 Å². The van der Waals surface area contributed by atoms with Crippen LogP contribution in [0, 0.1) is 0 Å². The molecule has 0 radical (unpaired) electrons. The normalized spacial score (nSPS) is 14.6. The standard InChI is InChI=1S/C16H19N.C4H10N2/c1-16(2,3)17(14-10-6-4-7-11-14)15-12-8-5-9-13-15;1-2-6-4-3-5-1/h4-13H,1-3H3;5-6H,1-4H2. The number of piperazine rings is 1. The second-order valence-corrected chi connectivity index (χ2v) is 6.68. The van der Waals surface area contributed by atoms with Crippen molar-refractivity contribution < 1.29 is 0 Å². The summed E-state index contributed by atoms with van der Waals surface area (Å²) in [4.78, 5) is 2.35. The summed E-state index contributed by atoms with van der Waals surface area (Å²) in [6.45, 7) is 11.2. The van der Waals surface area contributed by atoms with Crippen molar-refractivity contribution in [3.63, 3.8) is 0 Å². The minimum absolute atomic E-state index is 0.0582. The zero-order chi connectivity index (χ0) is 16.5. The first-order valence-corrected chi connectivity index (χ1v) is 8.41. The van der Waals surface area contributed by atoms with Crippen molar-refractivity contribution in [3.8, 4) is 0 Å². The molecule has 1 saturated heterocycles. The third-order valence-corrected chi connectivity index (χ3v) is 3.66. The number of hydrogen-bond donors (Lipinski definition) is 2. The molecule has 0 bridgehead atoms. The van der Waals surface area contributed by atoms with Crippen molar-refractivity contribution in [1.29, 1.82) is 0 Å². The highest BCUT2D eigenvalue weighted by molar-refractivity contribution is 5.65. The fourth-order valence-corrected chi connectivity index (χ4v) is 2.68. The van der Waals surface area contributed by atoms with Crippen LogP contribution >= 0.6 is 0 Å². The zero-order valence-corrected chi connectivity index (χ0v) is 14.5. The van der Waals surface area contributed by atoms with Crippen LogP contribution in [0.3, 0.4) is 0 Å². The molecule has 0 unspecified atom stereocenters. The van der Waals surface area contributed by atoms with E-state index in [0.717, 1.165) is 26.2 Å². The molecule has 1 heterocycles. The van der Waals surface area contributed by atoms with E-state index in [0.29, 0.717) is 0 Å². The Labute approximate surface area is 140 Å². The van der Waals surface area contributed by atoms with Gasteiger partial charge in [0.2, 0.25) is 0 Å². The van der Waals surface area contributed by atoms with Crippen molar-refractivity contribution in [2.24, 2.45) is 0 Å².